The third-order valence-electron chi connectivity index (χ3n) is 3.91. The summed E-state index contributed by atoms with van der Waals surface area (Å²) in [5.74, 6) is 1.44. The fourth-order valence-corrected chi connectivity index (χ4v) is 2.70. The number of aliphatic hydroxyl groups is 1. The van der Waals surface area contributed by atoms with Crippen LogP contribution in [0.5, 0.6) is 5.75 Å². The number of hydrogen-bond acceptors (Lipinski definition) is 3. The van der Waals surface area contributed by atoms with Crippen LogP contribution in [0.1, 0.15) is 24.2 Å². The fraction of sp³-hybridized carbons (Fsp3) is 0.350. The summed E-state index contributed by atoms with van der Waals surface area (Å²) in [5, 5.41) is 17.5. The van der Waals surface area contributed by atoms with Crippen LogP contribution in [0.15, 0.2) is 53.5 Å². The Kier molecular flexibility index (Phi) is 11.2. The van der Waals surface area contributed by atoms with Crippen molar-refractivity contribution in [2.45, 2.75) is 19.4 Å². The molecular formula is C20H27ClIN3O2. The van der Waals surface area contributed by atoms with Crippen LogP contribution >= 0.6 is 35.6 Å². The van der Waals surface area contributed by atoms with Gasteiger partial charge < -0.3 is 20.5 Å². The van der Waals surface area contributed by atoms with E-state index >= 15 is 0 Å². The van der Waals surface area contributed by atoms with Crippen molar-refractivity contribution < 1.29 is 9.84 Å². The molecule has 27 heavy (non-hydrogen) atoms. The van der Waals surface area contributed by atoms with Crippen molar-refractivity contribution >= 4 is 41.5 Å². The van der Waals surface area contributed by atoms with Crippen LogP contribution in [-0.4, -0.2) is 37.8 Å². The van der Waals surface area contributed by atoms with Gasteiger partial charge in [-0.05, 0) is 42.7 Å². The minimum Gasteiger partial charge on any atom is -0.497 e. The van der Waals surface area contributed by atoms with E-state index in [4.69, 9.17) is 16.3 Å². The van der Waals surface area contributed by atoms with Gasteiger partial charge in [-0.2, -0.15) is 0 Å². The minimum atomic E-state index is -0.667. The second-order valence-corrected chi connectivity index (χ2v) is 6.18. The second kappa shape index (κ2) is 12.8. The number of nitrogens with one attached hydrogen (secondary N) is 2. The van der Waals surface area contributed by atoms with E-state index in [2.05, 4.69) is 15.6 Å². The lowest BCUT2D eigenvalue weighted by Crippen LogP contribution is -2.38. The molecule has 0 amide bonds. The molecule has 1 atom stereocenters. The summed E-state index contributed by atoms with van der Waals surface area (Å²) in [6, 6.07) is 15.2. The monoisotopic (exact) mass is 503 g/mol. The molecule has 0 heterocycles. The average molecular weight is 504 g/mol. The first-order valence-electron chi connectivity index (χ1n) is 8.71. The lowest BCUT2D eigenvalue weighted by Gasteiger charge is -2.14. The predicted molar refractivity (Wildman–Crippen MR) is 123 cm³/mol. The molecule has 0 aliphatic heterocycles. The van der Waals surface area contributed by atoms with E-state index in [1.165, 1.54) is 0 Å². The molecule has 0 bridgehead atoms. The molecule has 2 aromatic carbocycles. The molecule has 0 saturated heterocycles. The molecule has 0 saturated carbocycles. The van der Waals surface area contributed by atoms with Crippen molar-refractivity contribution in [1.29, 1.82) is 0 Å². The molecule has 0 radical (unpaired) electrons. The van der Waals surface area contributed by atoms with E-state index in [1.54, 1.807) is 7.11 Å². The van der Waals surface area contributed by atoms with Gasteiger partial charge in [-0.3, -0.25) is 4.99 Å². The highest BCUT2D eigenvalue weighted by molar-refractivity contribution is 14.0. The molecule has 148 valence electrons. The highest BCUT2D eigenvalue weighted by Gasteiger charge is 2.08. The van der Waals surface area contributed by atoms with Gasteiger partial charge >= 0.3 is 0 Å². The van der Waals surface area contributed by atoms with Crippen molar-refractivity contribution in [2.75, 3.05) is 26.7 Å². The standard InChI is InChI=1S/C20H26ClN3O2.HI/c1-3-22-20(23-13-12-15-6-4-5-7-18(15)21)24-14-19(25)16-8-10-17(26-2)11-9-16;/h4-11,19,25H,3,12-14H2,1-2H3,(H2,22,23,24);1H. The Bertz CT molecular complexity index is 711. The van der Waals surface area contributed by atoms with Crippen LogP contribution < -0.4 is 15.4 Å². The molecule has 1 unspecified atom stereocenters. The number of hydrogen-bond donors (Lipinski definition) is 3. The summed E-state index contributed by atoms with van der Waals surface area (Å²) in [4.78, 5) is 4.47. The normalized spacial score (nSPS) is 12.1. The van der Waals surface area contributed by atoms with Crippen LogP contribution in [0, 0.1) is 0 Å². The van der Waals surface area contributed by atoms with E-state index in [9.17, 15) is 5.11 Å². The van der Waals surface area contributed by atoms with Gasteiger partial charge in [0.15, 0.2) is 5.96 Å². The number of rotatable bonds is 8. The zero-order valence-corrected chi connectivity index (χ0v) is 18.7. The van der Waals surface area contributed by atoms with Crippen molar-refractivity contribution in [3.63, 3.8) is 0 Å². The summed E-state index contributed by atoms with van der Waals surface area (Å²) >= 11 is 6.18. The molecule has 2 aromatic rings. The third kappa shape index (κ3) is 7.94. The summed E-state index contributed by atoms with van der Waals surface area (Å²) in [6.07, 6.45) is 0.130. The summed E-state index contributed by atoms with van der Waals surface area (Å²) in [6.45, 7) is 3.73. The zero-order chi connectivity index (χ0) is 18.8. The maximum absolute atomic E-state index is 10.3. The second-order valence-electron chi connectivity index (χ2n) is 5.78. The van der Waals surface area contributed by atoms with Crippen LogP contribution in [-0.2, 0) is 6.42 Å². The Hall–Kier alpha value is -1.51. The predicted octanol–water partition coefficient (Wildman–Crippen LogP) is 3.80. The van der Waals surface area contributed by atoms with Crippen LogP contribution in [0.3, 0.4) is 0 Å². The Morgan fingerprint density at radius 1 is 1.15 bits per heavy atom. The van der Waals surface area contributed by atoms with Gasteiger partial charge in [-0.1, -0.05) is 41.9 Å². The van der Waals surface area contributed by atoms with Gasteiger partial charge in [0.2, 0.25) is 0 Å². The molecule has 0 aliphatic rings. The lowest BCUT2D eigenvalue weighted by atomic mass is 10.1. The number of ether oxygens (including phenoxy) is 1. The zero-order valence-electron chi connectivity index (χ0n) is 15.6. The first-order chi connectivity index (χ1) is 12.6. The Labute approximate surface area is 183 Å². The maximum atomic E-state index is 10.3. The van der Waals surface area contributed by atoms with Gasteiger partial charge in [-0.25, -0.2) is 0 Å². The molecule has 2 rings (SSSR count). The largest absolute Gasteiger partial charge is 0.497 e. The molecule has 0 aromatic heterocycles. The van der Waals surface area contributed by atoms with Crippen molar-refractivity contribution in [3.05, 3.63) is 64.7 Å². The van der Waals surface area contributed by atoms with E-state index in [1.807, 2.05) is 55.5 Å². The average Bonchev–Trinajstić information content (AvgIpc) is 2.67. The van der Waals surface area contributed by atoms with Crippen molar-refractivity contribution in [3.8, 4) is 5.75 Å². The van der Waals surface area contributed by atoms with Crippen LogP contribution in [0.4, 0.5) is 0 Å². The van der Waals surface area contributed by atoms with Gasteiger partial charge in [0.05, 0.1) is 19.8 Å². The Morgan fingerprint density at radius 3 is 2.48 bits per heavy atom. The molecule has 0 spiro atoms. The smallest absolute Gasteiger partial charge is 0.191 e. The Balaban J connectivity index is 0.00000364. The summed E-state index contributed by atoms with van der Waals surface area (Å²) < 4.78 is 5.13. The first-order valence-corrected chi connectivity index (χ1v) is 9.09. The number of methoxy groups -OCH3 is 1. The summed E-state index contributed by atoms with van der Waals surface area (Å²) in [5.41, 5.74) is 1.90. The molecule has 0 fully saturated rings. The van der Waals surface area contributed by atoms with E-state index in [0.29, 0.717) is 12.5 Å². The number of nitrogens with zero attached hydrogens (tertiary/aromatic N) is 1. The van der Waals surface area contributed by atoms with Crippen molar-refractivity contribution in [1.82, 2.24) is 10.6 Å². The molecule has 7 heteroatoms. The van der Waals surface area contributed by atoms with Crippen LogP contribution in [0.25, 0.3) is 0 Å². The molecule has 0 aliphatic carbocycles. The number of halogens is 2. The number of benzene rings is 2. The van der Waals surface area contributed by atoms with Gasteiger partial charge in [0.1, 0.15) is 5.75 Å². The minimum absolute atomic E-state index is 0. The highest BCUT2D eigenvalue weighted by atomic mass is 127. The van der Waals surface area contributed by atoms with Gasteiger partial charge in [-0.15, -0.1) is 24.0 Å². The van der Waals surface area contributed by atoms with Gasteiger partial charge in [0, 0.05) is 18.1 Å². The lowest BCUT2D eigenvalue weighted by molar-refractivity contribution is 0.187. The highest BCUT2D eigenvalue weighted by Crippen LogP contribution is 2.18. The molecule has 3 N–H and O–H groups in total. The first kappa shape index (κ1) is 23.5. The van der Waals surface area contributed by atoms with Crippen LogP contribution in [0.2, 0.25) is 5.02 Å². The van der Waals surface area contributed by atoms with E-state index < -0.39 is 6.10 Å². The molecular weight excluding hydrogens is 477 g/mol. The van der Waals surface area contributed by atoms with E-state index in [-0.39, 0.29) is 30.5 Å². The molecule has 5 nitrogen and oxygen atoms in total. The quantitative estimate of drug-likeness (QED) is 0.291. The third-order valence-corrected chi connectivity index (χ3v) is 4.28. The topological polar surface area (TPSA) is 65.9 Å². The Morgan fingerprint density at radius 2 is 1.85 bits per heavy atom. The number of aliphatic hydroxyl groups excluding tert-OH is 1. The number of aliphatic imine (C=N–C) groups is 1. The summed E-state index contributed by atoms with van der Waals surface area (Å²) in [7, 11) is 1.62. The SMILES string of the molecule is CCNC(=NCC(O)c1ccc(OC)cc1)NCCc1ccccc1Cl.I. The maximum Gasteiger partial charge on any atom is 0.191 e. The fourth-order valence-electron chi connectivity index (χ4n) is 2.47. The number of guanidine groups is 1. The van der Waals surface area contributed by atoms with Gasteiger partial charge in [0.25, 0.3) is 0 Å². The van der Waals surface area contributed by atoms with Crippen molar-refractivity contribution in [2.24, 2.45) is 4.99 Å². The van der Waals surface area contributed by atoms with E-state index in [0.717, 1.165) is 34.9 Å².